The second-order valence-corrected chi connectivity index (χ2v) is 5.70. The van der Waals surface area contributed by atoms with Gasteiger partial charge in [0.1, 0.15) is 11.5 Å². The third-order valence-corrected chi connectivity index (χ3v) is 3.44. The molecule has 2 rings (SSSR count). The van der Waals surface area contributed by atoms with Crippen LogP contribution < -0.4 is 22.6 Å². The van der Waals surface area contributed by atoms with E-state index in [1.54, 1.807) is 6.92 Å². The summed E-state index contributed by atoms with van der Waals surface area (Å²) in [7, 11) is 4.28. The molecule has 1 aromatic heterocycles. The number of halogens is 1. The molecule has 1 aromatic carbocycles. The number of quaternary nitrogens is 1. The average Bonchev–Trinajstić information content (AvgIpc) is 2.92. The van der Waals surface area contributed by atoms with Crippen LogP contribution in [0, 0.1) is 0 Å². The number of nitrogens with one attached hydrogen (secondary N) is 2. The zero-order valence-electron chi connectivity index (χ0n) is 13.4. The van der Waals surface area contributed by atoms with Gasteiger partial charge in [0.05, 0.1) is 33.3 Å². The van der Waals surface area contributed by atoms with E-state index in [-0.39, 0.29) is 12.4 Å². The molecule has 122 valence electrons. The molecule has 0 fully saturated rings. The SMILES string of the molecule is CC(O)c1ccc(-c2ccc(CNCC[NH+](C)C)o2)cc1.[Cl-]. The van der Waals surface area contributed by atoms with Gasteiger partial charge in [0.2, 0.25) is 0 Å². The van der Waals surface area contributed by atoms with Crippen molar-refractivity contribution in [2.45, 2.75) is 19.6 Å². The number of aliphatic hydroxyl groups excluding tert-OH is 1. The minimum Gasteiger partial charge on any atom is -1.00 e. The molecule has 1 atom stereocenters. The van der Waals surface area contributed by atoms with Crippen molar-refractivity contribution in [2.24, 2.45) is 0 Å². The third-order valence-electron chi connectivity index (χ3n) is 3.44. The van der Waals surface area contributed by atoms with Crippen LogP contribution >= 0.6 is 0 Å². The lowest BCUT2D eigenvalue weighted by atomic mass is 10.1. The molecule has 0 saturated heterocycles. The van der Waals surface area contributed by atoms with Crippen LogP contribution in [0.25, 0.3) is 11.3 Å². The van der Waals surface area contributed by atoms with Gasteiger partial charge in [-0.3, -0.25) is 0 Å². The molecule has 0 saturated carbocycles. The second kappa shape index (κ2) is 8.96. The molecule has 0 aliphatic heterocycles. The summed E-state index contributed by atoms with van der Waals surface area (Å²) in [6.45, 7) is 4.58. The van der Waals surface area contributed by atoms with Crippen LogP contribution in [0.15, 0.2) is 40.8 Å². The first kappa shape index (κ1) is 18.7. The maximum Gasteiger partial charge on any atom is 0.134 e. The van der Waals surface area contributed by atoms with Gasteiger partial charge in [-0.05, 0) is 24.6 Å². The standard InChI is InChI=1S/C17H24N2O2.ClH/c1-13(20)14-4-6-15(7-5-14)17-9-8-16(21-17)12-18-10-11-19(2)3;/h4-9,13,18,20H,10-12H2,1-3H3;1H. The summed E-state index contributed by atoms with van der Waals surface area (Å²) in [4.78, 5) is 1.43. The van der Waals surface area contributed by atoms with Crippen LogP contribution in [0.1, 0.15) is 24.4 Å². The lowest BCUT2D eigenvalue weighted by Crippen LogP contribution is -3.06. The number of hydrogen-bond donors (Lipinski definition) is 3. The number of rotatable bonds is 7. The van der Waals surface area contributed by atoms with Gasteiger partial charge >= 0.3 is 0 Å². The first-order chi connectivity index (χ1) is 10.1. The van der Waals surface area contributed by atoms with Gasteiger partial charge in [0.25, 0.3) is 0 Å². The van der Waals surface area contributed by atoms with Crippen molar-refractivity contribution in [1.29, 1.82) is 0 Å². The fourth-order valence-corrected chi connectivity index (χ4v) is 2.10. The normalized spacial score (nSPS) is 12.2. The largest absolute Gasteiger partial charge is 1.00 e. The van der Waals surface area contributed by atoms with E-state index in [9.17, 15) is 5.11 Å². The van der Waals surface area contributed by atoms with E-state index in [1.807, 2.05) is 36.4 Å². The number of likely N-dealkylation sites (N-methyl/N-ethyl adjacent to an activating group) is 1. The van der Waals surface area contributed by atoms with Crippen molar-refractivity contribution in [3.8, 4) is 11.3 Å². The lowest BCUT2D eigenvalue weighted by molar-refractivity contribution is -0.856. The topological polar surface area (TPSA) is 49.8 Å². The van der Waals surface area contributed by atoms with Gasteiger partial charge in [-0.1, -0.05) is 24.3 Å². The molecule has 4 nitrogen and oxygen atoms in total. The number of benzene rings is 1. The average molecular weight is 325 g/mol. The van der Waals surface area contributed by atoms with E-state index in [4.69, 9.17) is 4.42 Å². The highest BCUT2D eigenvalue weighted by atomic mass is 35.5. The molecular weight excluding hydrogens is 300 g/mol. The van der Waals surface area contributed by atoms with Gasteiger partial charge in [0, 0.05) is 12.1 Å². The maximum absolute atomic E-state index is 9.52. The summed E-state index contributed by atoms with van der Waals surface area (Å²) in [5.74, 6) is 1.81. The molecule has 5 heteroatoms. The molecule has 3 N–H and O–H groups in total. The zero-order valence-corrected chi connectivity index (χ0v) is 14.2. The van der Waals surface area contributed by atoms with Gasteiger partial charge in [0.15, 0.2) is 0 Å². The first-order valence-corrected chi connectivity index (χ1v) is 7.43. The Morgan fingerprint density at radius 1 is 1.14 bits per heavy atom. The van der Waals surface area contributed by atoms with E-state index in [0.717, 1.165) is 42.3 Å². The second-order valence-electron chi connectivity index (χ2n) is 5.70. The smallest absolute Gasteiger partial charge is 0.134 e. The minimum absolute atomic E-state index is 0. The molecule has 1 heterocycles. The van der Waals surface area contributed by atoms with Crippen LogP contribution in [0.3, 0.4) is 0 Å². The molecule has 22 heavy (non-hydrogen) atoms. The molecule has 2 aromatic rings. The highest BCUT2D eigenvalue weighted by molar-refractivity contribution is 5.58. The van der Waals surface area contributed by atoms with Crippen LogP contribution in [0.2, 0.25) is 0 Å². The number of furan rings is 1. The zero-order chi connectivity index (χ0) is 15.2. The van der Waals surface area contributed by atoms with Crippen molar-refractivity contribution in [3.63, 3.8) is 0 Å². The van der Waals surface area contributed by atoms with E-state index in [1.165, 1.54) is 4.90 Å². The Morgan fingerprint density at radius 2 is 1.82 bits per heavy atom. The summed E-state index contributed by atoms with van der Waals surface area (Å²) in [5, 5.41) is 12.9. The van der Waals surface area contributed by atoms with Crippen molar-refractivity contribution in [1.82, 2.24) is 5.32 Å². The van der Waals surface area contributed by atoms with Crippen molar-refractivity contribution < 1.29 is 26.8 Å². The quantitative estimate of drug-likeness (QED) is 0.529. The lowest BCUT2D eigenvalue weighted by Gasteiger charge is -2.07. The molecule has 0 aliphatic rings. The Labute approximate surface area is 138 Å². The summed E-state index contributed by atoms with van der Waals surface area (Å²) in [6.07, 6.45) is -0.436. The fraction of sp³-hybridized carbons (Fsp3) is 0.412. The third kappa shape index (κ3) is 5.46. The molecule has 0 aliphatic carbocycles. The van der Waals surface area contributed by atoms with Gasteiger partial charge in [-0.25, -0.2) is 0 Å². The van der Waals surface area contributed by atoms with E-state index < -0.39 is 6.10 Å². The predicted octanol–water partition coefficient (Wildman–Crippen LogP) is -1.76. The molecule has 0 amide bonds. The molecule has 0 spiro atoms. The highest BCUT2D eigenvalue weighted by Crippen LogP contribution is 2.24. The Balaban J connectivity index is 0.00000242. The van der Waals surface area contributed by atoms with Crippen molar-refractivity contribution >= 4 is 0 Å². The van der Waals surface area contributed by atoms with Gasteiger partial charge in [-0.2, -0.15) is 0 Å². The van der Waals surface area contributed by atoms with Crippen molar-refractivity contribution in [2.75, 3.05) is 27.2 Å². The molecule has 0 bridgehead atoms. The van der Waals surface area contributed by atoms with Crippen LogP contribution in [0.5, 0.6) is 0 Å². The predicted molar refractivity (Wildman–Crippen MR) is 84.2 cm³/mol. The van der Waals surface area contributed by atoms with Crippen LogP contribution in [0.4, 0.5) is 0 Å². The van der Waals surface area contributed by atoms with E-state index in [0.29, 0.717) is 0 Å². The van der Waals surface area contributed by atoms with Crippen molar-refractivity contribution in [3.05, 3.63) is 47.7 Å². The van der Waals surface area contributed by atoms with Gasteiger partial charge < -0.3 is 32.1 Å². The summed E-state index contributed by atoms with van der Waals surface area (Å²) >= 11 is 0. The van der Waals surface area contributed by atoms with E-state index >= 15 is 0 Å². The monoisotopic (exact) mass is 324 g/mol. The highest BCUT2D eigenvalue weighted by Gasteiger charge is 2.06. The fourth-order valence-electron chi connectivity index (χ4n) is 2.10. The van der Waals surface area contributed by atoms with Crippen LogP contribution in [-0.2, 0) is 6.54 Å². The molecule has 1 unspecified atom stereocenters. The summed E-state index contributed by atoms with van der Waals surface area (Å²) in [6, 6.07) is 11.8. The number of aliphatic hydroxyl groups is 1. The number of hydrogen-bond acceptors (Lipinski definition) is 3. The van der Waals surface area contributed by atoms with E-state index in [2.05, 4.69) is 19.4 Å². The maximum atomic E-state index is 9.52. The Kier molecular flexibility index (Phi) is 7.62. The van der Waals surface area contributed by atoms with Gasteiger partial charge in [-0.15, -0.1) is 0 Å². The molecular formula is C17H25ClN2O2. The summed E-state index contributed by atoms with van der Waals surface area (Å²) in [5.41, 5.74) is 1.95. The minimum atomic E-state index is -0.436. The Morgan fingerprint density at radius 3 is 2.41 bits per heavy atom. The Bertz CT molecular complexity index is 550. The Hall–Kier alpha value is -1.33. The summed E-state index contributed by atoms with van der Waals surface area (Å²) < 4.78 is 5.85. The van der Waals surface area contributed by atoms with Crippen LogP contribution in [-0.4, -0.2) is 32.3 Å². The first-order valence-electron chi connectivity index (χ1n) is 7.43. The molecule has 0 radical (unpaired) electrons.